The summed E-state index contributed by atoms with van der Waals surface area (Å²) >= 11 is 11.3. The molecule has 0 aliphatic heterocycles. The molecule has 2 aromatic rings. The molecule has 0 aliphatic carbocycles. The maximum Gasteiger partial charge on any atom is 0.243 e. The molecule has 0 fully saturated rings. The predicted octanol–water partition coefficient (Wildman–Crippen LogP) is 1.31. The lowest BCUT2D eigenvalue weighted by atomic mass is 10.4. The summed E-state index contributed by atoms with van der Waals surface area (Å²) < 4.78 is 4.11. The first-order valence-corrected chi connectivity index (χ1v) is 6.21. The van der Waals surface area contributed by atoms with Crippen LogP contribution in [0.4, 0.5) is 5.95 Å². The van der Waals surface area contributed by atoms with Gasteiger partial charge in [0.15, 0.2) is 0 Å². The molecule has 0 aromatic carbocycles. The Morgan fingerprint density at radius 1 is 1.28 bits per heavy atom. The van der Waals surface area contributed by atoms with Crippen molar-refractivity contribution < 1.29 is 4.57 Å². The van der Waals surface area contributed by atoms with Gasteiger partial charge in [-0.25, -0.2) is 9.13 Å². The van der Waals surface area contributed by atoms with Crippen molar-refractivity contribution in [1.82, 2.24) is 19.5 Å². The van der Waals surface area contributed by atoms with Gasteiger partial charge in [0.25, 0.3) is 0 Å². The smallest absolute Gasteiger partial charge is 0.243 e. The van der Waals surface area contributed by atoms with Crippen LogP contribution in [0, 0.1) is 0 Å². The minimum absolute atomic E-state index is 0.0925. The molecule has 0 saturated heterocycles. The van der Waals surface area contributed by atoms with Crippen LogP contribution in [-0.4, -0.2) is 26.1 Å². The zero-order valence-electron chi connectivity index (χ0n) is 9.85. The molecule has 18 heavy (non-hydrogen) atoms. The molecule has 6 nitrogen and oxygen atoms in total. The Balaban J connectivity index is 1.78. The third-order valence-electron chi connectivity index (χ3n) is 2.28. The SMILES string of the molecule is C[n+]1ccn(CCCNc2nc(Cl)nc(Cl)n2)c1. The Hall–Kier alpha value is -1.40. The van der Waals surface area contributed by atoms with E-state index in [0.717, 1.165) is 19.5 Å². The Morgan fingerprint density at radius 3 is 2.61 bits per heavy atom. The molecule has 0 aliphatic rings. The lowest BCUT2D eigenvalue weighted by molar-refractivity contribution is -0.671. The summed E-state index contributed by atoms with van der Waals surface area (Å²) in [5, 5.41) is 3.24. The highest BCUT2D eigenvalue weighted by atomic mass is 35.5. The Morgan fingerprint density at radius 2 is 2.00 bits per heavy atom. The first kappa shape index (κ1) is 13.0. The first-order chi connectivity index (χ1) is 8.63. The lowest BCUT2D eigenvalue weighted by Crippen LogP contribution is -2.23. The summed E-state index contributed by atoms with van der Waals surface area (Å²) in [6.07, 6.45) is 6.99. The Kier molecular flexibility index (Phi) is 4.33. The number of halogens is 2. The third kappa shape index (κ3) is 3.82. The van der Waals surface area contributed by atoms with Gasteiger partial charge in [0.05, 0.1) is 13.6 Å². The number of nitrogens with one attached hydrogen (secondary N) is 1. The quantitative estimate of drug-likeness (QED) is 0.665. The molecule has 0 spiro atoms. The minimum Gasteiger partial charge on any atom is -0.354 e. The molecule has 2 aromatic heterocycles. The predicted molar refractivity (Wildman–Crippen MR) is 68.6 cm³/mol. The fraction of sp³-hybridized carbons (Fsp3) is 0.400. The maximum absolute atomic E-state index is 5.67. The van der Waals surface area contributed by atoms with Gasteiger partial charge in [-0.2, -0.15) is 15.0 Å². The molecule has 8 heteroatoms. The average molecular weight is 288 g/mol. The highest BCUT2D eigenvalue weighted by molar-refractivity contribution is 6.31. The first-order valence-electron chi connectivity index (χ1n) is 5.45. The Labute approximate surface area is 115 Å². The van der Waals surface area contributed by atoms with E-state index in [-0.39, 0.29) is 10.6 Å². The van der Waals surface area contributed by atoms with Crippen molar-refractivity contribution in [3.8, 4) is 0 Å². The number of anilines is 1. The van der Waals surface area contributed by atoms with E-state index in [2.05, 4.69) is 24.8 Å². The van der Waals surface area contributed by atoms with E-state index in [1.807, 2.05) is 30.3 Å². The van der Waals surface area contributed by atoms with Gasteiger partial charge in [0.1, 0.15) is 12.4 Å². The monoisotopic (exact) mass is 287 g/mol. The second-order valence-corrected chi connectivity index (χ2v) is 4.47. The highest BCUT2D eigenvalue weighted by Crippen LogP contribution is 2.09. The van der Waals surface area contributed by atoms with Crippen LogP contribution < -0.4 is 9.88 Å². The standard InChI is InChI=1S/C10H13Cl2N6/c1-17-5-6-18(7-17)4-2-3-13-10-15-8(11)14-9(12)16-10/h5-7H,2-4H2,1H3,(H,13,14,15,16)/q+1. The van der Waals surface area contributed by atoms with Crippen molar-refractivity contribution >= 4 is 29.2 Å². The normalized spacial score (nSPS) is 10.6. The van der Waals surface area contributed by atoms with E-state index in [4.69, 9.17) is 23.2 Å². The molecule has 96 valence electrons. The molecule has 0 radical (unpaired) electrons. The van der Waals surface area contributed by atoms with E-state index < -0.39 is 0 Å². The van der Waals surface area contributed by atoms with E-state index in [9.17, 15) is 0 Å². The number of aryl methyl sites for hydroxylation is 2. The van der Waals surface area contributed by atoms with Gasteiger partial charge in [0.2, 0.25) is 22.8 Å². The number of imidazole rings is 1. The number of aromatic nitrogens is 5. The van der Waals surface area contributed by atoms with Gasteiger partial charge in [-0.15, -0.1) is 0 Å². The summed E-state index contributed by atoms with van der Waals surface area (Å²) in [6, 6.07) is 0. The topological polar surface area (TPSA) is 59.5 Å². The highest BCUT2D eigenvalue weighted by Gasteiger charge is 2.03. The average Bonchev–Trinajstić information content (AvgIpc) is 2.69. The third-order valence-corrected chi connectivity index (χ3v) is 2.62. The van der Waals surface area contributed by atoms with E-state index in [0.29, 0.717) is 5.95 Å². The van der Waals surface area contributed by atoms with Crippen LogP contribution in [0.5, 0.6) is 0 Å². The van der Waals surface area contributed by atoms with Gasteiger partial charge in [-0.1, -0.05) is 0 Å². The van der Waals surface area contributed by atoms with Crippen LogP contribution >= 0.6 is 23.2 Å². The van der Waals surface area contributed by atoms with Crippen LogP contribution in [0.2, 0.25) is 10.6 Å². The largest absolute Gasteiger partial charge is 0.354 e. The molecule has 0 saturated carbocycles. The van der Waals surface area contributed by atoms with Gasteiger partial charge in [-0.3, -0.25) is 0 Å². The van der Waals surface area contributed by atoms with Crippen molar-refractivity contribution in [2.75, 3.05) is 11.9 Å². The summed E-state index contributed by atoms with van der Waals surface area (Å²) in [4.78, 5) is 11.5. The van der Waals surface area contributed by atoms with Crippen molar-refractivity contribution in [3.63, 3.8) is 0 Å². The lowest BCUT2D eigenvalue weighted by Gasteiger charge is -2.03. The van der Waals surface area contributed by atoms with Crippen LogP contribution in [-0.2, 0) is 13.6 Å². The van der Waals surface area contributed by atoms with Crippen LogP contribution in [0.15, 0.2) is 18.7 Å². The zero-order valence-corrected chi connectivity index (χ0v) is 11.4. The molecular formula is C10H13Cl2N6+. The van der Waals surface area contributed by atoms with E-state index in [1.54, 1.807) is 0 Å². The van der Waals surface area contributed by atoms with Crippen LogP contribution in [0.25, 0.3) is 0 Å². The second-order valence-electron chi connectivity index (χ2n) is 3.79. The fourth-order valence-electron chi connectivity index (χ4n) is 1.50. The molecule has 2 heterocycles. The molecule has 0 bridgehead atoms. The van der Waals surface area contributed by atoms with Crippen LogP contribution in [0.3, 0.4) is 0 Å². The van der Waals surface area contributed by atoms with Crippen molar-refractivity contribution in [3.05, 3.63) is 29.3 Å². The van der Waals surface area contributed by atoms with Crippen molar-refractivity contribution in [2.24, 2.45) is 7.05 Å². The number of hydrogen-bond donors (Lipinski definition) is 1. The van der Waals surface area contributed by atoms with Crippen molar-refractivity contribution in [1.29, 1.82) is 0 Å². The van der Waals surface area contributed by atoms with Gasteiger partial charge < -0.3 is 5.32 Å². The zero-order chi connectivity index (χ0) is 13.0. The molecule has 1 N–H and O–H groups in total. The summed E-state index contributed by atoms with van der Waals surface area (Å²) in [6.45, 7) is 1.65. The molecule has 0 atom stereocenters. The number of hydrogen-bond acceptors (Lipinski definition) is 4. The number of rotatable bonds is 5. The maximum atomic E-state index is 5.67. The minimum atomic E-state index is 0.0925. The number of nitrogens with zero attached hydrogens (tertiary/aromatic N) is 5. The van der Waals surface area contributed by atoms with Gasteiger partial charge in [-0.05, 0) is 23.2 Å². The van der Waals surface area contributed by atoms with Gasteiger partial charge >= 0.3 is 0 Å². The summed E-state index contributed by atoms with van der Waals surface area (Å²) in [7, 11) is 1.99. The van der Waals surface area contributed by atoms with Gasteiger partial charge in [0, 0.05) is 13.0 Å². The second kappa shape index (κ2) is 5.97. The molecule has 2 rings (SSSR count). The molecular weight excluding hydrogens is 275 g/mol. The molecule has 0 unspecified atom stereocenters. The van der Waals surface area contributed by atoms with E-state index >= 15 is 0 Å². The fourth-order valence-corrected chi connectivity index (χ4v) is 1.86. The van der Waals surface area contributed by atoms with E-state index in [1.165, 1.54) is 0 Å². The molecule has 0 amide bonds. The summed E-state index contributed by atoms with van der Waals surface area (Å²) in [5.74, 6) is 0.401. The summed E-state index contributed by atoms with van der Waals surface area (Å²) in [5.41, 5.74) is 0. The van der Waals surface area contributed by atoms with Crippen molar-refractivity contribution in [2.45, 2.75) is 13.0 Å². The van der Waals surface area contributed by atoms with Crippen LogP contribution in [0.1, 0.15) is 6.42 Å². The Bertz CT molecular complexity index is 507.